The van der Waals surface area contributed by atoms with Crippen LogP contribution >= 0.6 is 11.3 Å². The van der Waals surface area contributed by atoms with E-state index in [1.54, 1.807) is 11.3 Å². The summed E-state index contributed by atoms with van der Waals surface area (Å²) in [4.78, 5) is 13.4. The Kier molecular flexibility index (Phi) is 2.43. The smallest absolute Gasteiger partial charge is 0.223 e. The van der Waals surface area contributed by atoms with E-state index in [1.807, 2.05) is 0 Å². The van der Waals surface area contributed by atoms with E-state index in [-0.39, 0.29) is 0 Å². The zero-order chi connectivity index (χ0) is 12.0. The van der Waals surface area contributed by atoms with Gasteiger partial charge in [-0.15, -0.1) is 11.3 Å². The highest BCUT2D eigenvalue weighted by molar-refractivity contribution is 7.18. The molecular weight excluding hydrogens is 232 g/mol. The van der Waals surface area contributed by atoms with Gasteiger partial charge in [0, 0.05) is 17.5 Å². The van der Waals surface area contributed by atoms with Gasteiger partial charge in [-0.25, -0.2) is 4.98 Å². The van der Waals surface area contributed by atoms with Crippen LogP contribution in [0.3, 0.4) is 0 Å². The quantitative estimate of drug-likeness (QED) is 0.907. The van der Waals surface area contributed by atoms with Gasteiger partial charge in [0.15, 0.2) is 0 Å². The Labute approximate surface area is 104 Å². The number of nitrogen functional groups attached to an aromatic ring is 1. The lowest BCUT2D eigenvalue weighted by Crippen LogP contribution is -2.26. The van der Waals surface area contributed by atoms with Crippen LogP contribution in [0.15, 0.2) is 6.07 Å². The predicted molar refractivity (Wildman–Crippen MR) is 72.6 cm³/mol. The summed E-state index contributed by atoms with van der Waals surface area (Å²) in [7, 11) is 0. The zero-order valence-electron chi connectivity index (χ0n) is 10.1. The van der Waals surface area contributed by atoms with Gasteiger partial charge < -0.3 is 10.6 Å². The molecule has 1 aliphatic rings. The maximum Gasteiger partial charge on any atom is 0.223 e. The second-order valence-electron chi connectivity index (χ2n) is 4.50. The summed E-state index contributed by atoms with van der Waals surface area (Å²) in [5, 5.41) is 1.15. The van der Waals surface area contributed by atoms with E-state index in [1.165, 1.54) is 17.7 Å². The molecule has 2 aromatic rings. The van der Waals surface area contributed by atoms with Crippen molar-refractivity contribution in [2.24, 2.45) is 0 Å². The third kappa shape index (κ3) is 1.84. The van der Waals surface area contributed by atoms with Crippen molar-refractivity contribution in [1.82, 2.24) is 9.97 Å². The SMILES string of the molecule is CCN(c1nc(N)nc2sc(C)cc12)C1CC1. The van der Waals surface area contributed by atoms with Crippen molar-refractivity contribution in [2.75, 3.05) is 17.2 Å². The number of thiophene rings is 1. The number of fused-ring (bicyclic) bond motifs is 1. The molecule has 0 bridgehead atoms. The number of hydrogen-bond acceptors (Lipinski definition) is 5. The molecule has 0 aromatic carbocycles. The summed E-state index contributed by atoms with van der Waals surface area (Å²) in [6.07, 6.45) is 2.53. The van der Waals surface area contributed by atoms with Crippen LogP contribution < -0.4 is 10.6 Å². The van der Waals surface area contributed by atoms with E-state index in [2.05, 4.69) is 34.8 Å². The molecule has 0 spiro atoms. The van der Waals surface area contributed by atoms with E-state index >= 15 is 0 Å². The predicted octanol–water partition coefficient (Wildman–Crippen LogP) is 2.57. The van der Waals surface area contributed by atoms with E-state index in [0.29, 0.717) is 12.0 Å². The Morgan fingerprint density at radius 1 is 1.47 bits per heavy atom. The first-order valence-electron chi connectivity index (χ1n) is 5.99. The molecule has 0 unspecified atom stereocenters. The fourth-order valence-electron chi connectivity index (χ4n) is 2.23. The standard InChI is InChI=1S/C12H16N4S/c1-3-16(8-4-5-8)10-9-6-7(2)17-11(9)15-12(13)14-10/h6,8H,3-5H2,1-2H3,(H2,13,14,15). The van der Waals surface area contributed by atoms with Crippen LogP contribution in [0, 0.1) is 6.92 Å². The van der Waals surface area contributed by atoms with Crippen molar-refractivity contribution in [1.29, 1.82) is 0 Å². The van der Waals surface area contributed by atoms with Crippen molar-refractivity contribution in [3.8, 4) is 0 Å². The molecule has 1 saturated carbocycles. The van der Waals surface area contributed by atoms with Crippen LogP contribution in [0.2, 0.25) is 0 Å². The second kappa shape index (κ2) is 3.84. The van der Waals surface area contributed by atoms with Crippen LogP contribution in [0.1, 0.15) is 24.6 Å². The summed E-state index contributed by atoms with van der Waals surface area (Å²) in [5.74, 6) is 1.40. The van der Waals surface area contributed by atoms with Crippen molar-refractivity contribution >= 4 is 33.3 Å². The maximum absolute atomic E-state index is 5.80. The number of nitrogens with two attached hydrogens (primary N) is 1. The molecule has 2 heterocycles. The van der Waals surface area contributed by atoms with Gasteiger partial charge in [0.2, 0.25) is 5.95 Å². The topological polar surface area (TPSA) is 55.0 Å². The van der Waals surface area contributed by atoms with Crippen LogP contribution in [0.25, 0.3) is 10.2 Å². The average molecular weight is 248 g/mol. The Bertz CT molecular complexity index is 559. The molecule has 0 amide bonds. The van der Waals surface area contributed by atoms with Gasteiger partial charge in [-0.05, 0) is 32.8 Å². The van der Waals surface area contributed by atoms with E-state index in [0.717, 1.165) is 22.6 Å². The average Bonchev–Trinajstić information content (AvgIpc) is 3.02. The van der Waals surface area contributed by atoms with Gasteiger partial charge in [0.25, 0.3) is 0 Å². The second-order valence-corrected chi connectivity index (χ2v) is 5.73. The van der Waals surface area contributed by atoms with E-state index in [4.69, 9.17) is 5.73 Å². The van der Waals surface area contributed by atoms with Gasteiger partial charge in [-0.1, -0.05) is 0 Å². The molecule has 4 nitrogen and oxygen atoms in total. The molecule has 17 heavy (non-hydrogen) atoms. The van der Waals surface area contributed by atoms with Crippen LogP contribution in [-0.4, -0.2) is 22.6 Å². The molecule has 3 rings (SSSR count). The monoisotopic (exact) mass is 248 g/mol. The number of rotatable bonds is 3. The lowest BCUT2D eigenvalue weighted by Gasteiger charge is -2.22. The summed E-state index contributed by atoms with van der Waals surface area (Å²) >= 11 is 1.68. The summed E-state index contributed by atoms with van der Waals surface area (Å²) in [6.45, 7) is 5.24. The molecule has 1 aliphatic carbocycles. The first-order valence-corrected chi connectivity index (χ1v) is 6.81. The largest absolute Gasteiger partial charge is 0.368 e. The fraction of sp³-hybridized carbons (Fsp3) is 0.500. The molecule has 0 atom stereocenters. The van der Waals surface area contributed by atoms with Crippen LogP contribution in [-0.2, 0) is 0 Å². The van der Waals surface area contributed by atoms with Gasteiger partial charge in [0.05, 0.1) is 5.39 Å². The van der Waals surface area contributed by atoms with Gasteiger partial charge >= 0.3 is 0 Å². The molecule has 5 heteroatoms. The van der Waals surface area contributed by atoms with Crippen LogP contribution in [0.5, 0.6) is 0 Å². The first-order chi connectivity index (χ1) is 8.19. The third-order valence-corrected chi connectivity index (χ3v) is 4.06. The first kappa shape index (κ1) is 10.8. The fourth-order valence-corrected chi connectivity index (χ4v) is 3.11. The Balaban J connectivity index is 2.18. The zero-order valence-corrected chi connectivity index (χ0v) is 10.9. The Morgan fingerprint density at radius 2 is 2.24 bits per heavy atom. The number of hydrogen-bond donors (Lipinski definition) is 1. The van der Waals surface area contributed by atoms with Crippen LogP contribution in [0.4, 0.5) is 11.8 Å². The summed E-state index contributed by atoms with van der Waals surface area (Å²) in [6, 6.07) is 2.82. The summed E-state index contributed by atoms with van der Waals surface area (Å²) in [5.41, 5.74) is 5.80. The van der Waals surface area contributed by atoms with Crippen molar-refractivity contribution in [3.05, 3.63) is 10.9 Å². The molecule has 0 radical (unpaired) electrons. The van der Waals surface area contributed by atoms with Gasteiger partial charge in [-0.2, -0.15) is 4.98 Å². The van der Waals surface area contributed by atoms with Gasteiger partial charge in [0.1, 0.15) is 10.6 Å². The highest BCUT2D eigenvalue weighted by atomic mass is 32.1. The minimum atomic E-state index is 0.383. The molecule has 0 aliphatic heterocycles. The van der Waals surface area contributed by atoms with E-state index in [9.17, 15) is 0 Å². The maximum atomic E-state index is 5.80. The molecule has 90 valence electrons. The van der Waals surface area contributed by atoms with Gasteiger partial charge in [-0.3, -0.25) is 0 Å². The highest BCUT2D eigenvalue weighted by Gasteiger charge is 2.30. The molecule has 0 saturated heterocycles. The van der Waals surface area contributed by atoms with Crippen molar-refractivity contribution in [2.45, 2.75) is 32.7 Å². The number of nitrogens with zero attached hydrogens (tertiary/aromatic N) is 3. The third-order valence-electron chi connectivity index (χ3n) is 3.11. The number of aryl methyl sites for hydroxylation is 1. The Morgan fingerprint density at radius 3 is 2.88 bits per heavy atom. The molecule has 2 aromatic heterocycles. The lowest BCUT2D eigenvalue weighted by atomic mass is 10.3. The molecular formula is C12H16N4S. The number of anilines is 2. The summed E-state index contributed by atoms with van der Waals surface area (Å²) < 4.78 is 0. The normalized spacial score (nSPS) is 15.4. The number of aromatic nitrogens is 2. The van der Waals surface area contributed by atoms with Crippen molar-refractivity contribution < 1.29 is 0 Å². The molecule has 2 N–H and O–H groups in total. The minimum Gasteiger partial charge on any atom is -0.368 e. The van der Waals surface area contributed by atoms with Crippen molar-refractivity contribution in [3.63, 3.8) is 0 Å². The lowest BCUT2D eigenvalue weighted by molar-refractivity contribution is 0.813. The van der Waals surface area contributed by atoms with E-state index < -0.39 is 0 Å². The molecule has 1 fully saturated rings. The Hall–Kier alpha value is -1.36. The minimum absolute atomic E-state index is 0.383. The highest BCUT2D eigenvalue weighted by Crippen LogP contribution is 2.36.